The van der Waals surface area contributed by atoms with Crippen LogP contribution in [-0.4, -0.2) is 103 Å². The highest BCUT2D eigenvalue weighted by atomic mass is 35.5. The van der Waals surface area contributed by atoms with Crippen molar-refractivity contribution in [3.63, 3.8) is 0 Å². The van der Waals surface area contributed by atoms with Gasteiger partial charge in [0, 0.05) is 118 Å². The number of carbonyl (C=O) groups is 9. The Bertz CT molecular complexity index is 5700. The second kappa shape index (κ2) is 39.5. The Balaban J connectivity index is 0.000000197. The normalized spacial score (nSPS) is 13.0. The zero-order valence-corrected chi connectivity index (χ0v) is 64.9. The zero-order valence-electron chi connectivity index (χ0n) is 71.7. The number of methoxy groups -OCH3 is 3. The first-order chi connectivity index (χ1) is 59.6. The number of benzene rings is 9. The van der Waals surface area contributed by atoms with Crippen LogP contribution >= 0.6 is 34.8 Å². The van der Waals surface area contributed by atoms with Crippen molar-refractivity contribution in [2.75, 3.05) is 21.3 Å². The van der Waals surface area contributed by atoms with Gasteiger partial charge in [0.05, 0.1) is 74.7 Å². The Kier molecular flexibility index (Phi) is 24.9. The van der Waals surface area contributed by atoms with Crippen molar-refractivity contribution in [3.05, 3.63) is 368 Å². The third kappa shape index (κ3) is 21.9. The van der Waals surface area contributed by atoms with E-state index in [9.17, 15) is 72.9 Å². The van der Waals surface area contributed by atoms with Crippen LogP contribution in [0, 0.1) is 0 Å². The van der Waals surface area contributed by atoms with Gasteiger partial charge < -0.3 is 43.2 Å². The van der Waals surface area contributed by atoms with E-state index in [0.717, 1.165) is 16.7 Å². The molecule has 0 spiro atoms. The summed E-state index contributed by atoms with van der Waals surface area (Å²) in [5.74, 6) is -7.18. The van der Waals surface area contributed by atoms with E-state index in [1.807, 2.05) is 91.0 Å². The summed E-state index contributed by atoms with van der Waals surface area (Å²) in [7, 11) is 4.05. The predicted octanol–water partition coefficient (Wildman–Crippen LogP) is 17.0. The largest absolute Gasteiger partial charge is 0.495 e. The number of halogens is 3. The van der Waals surface area contributed by atoms with Crippen molar-refractivity contribution in [2.24, 2.45) is 0 Å². The van der Waals surface area contributed by atoms with Crippen LogP contribution in [-0.2, 0) is 52.9 Å². The average Bonchev–Trinajstić information content (AvgIpc) is 0.777. The molecule has 0 saturated carbocycles. The number of hydrogen-bond donors (Lipinski definition) is 3. The van der Waals surface area contributed by atoms with Gasteiger partial charge in [0.25, 0.3) is 16.7 Å². The number of carboxylic acids is 3. The van der Waals surface area contributed by atoms with Crippen LogP contribution in [0.3, 0.4) is 0 Å². The molecule has 3 aromatic heterocycles. The number of aromatic nitrogens is 3. The summed E-state index contributed by atoms with van der Waals surface area (Å²) in [4.78, 5) is 154. The Morgan fingerprint density at radius 1 is 0.325 bits per heavy atom. The van der Waals surface area contributed by atoms with Crippen LogP contribution in [0.1, 0.15) is 147 Å². The molecular weight excluding hydrogens is 1550 g/mol. The van der Waals surface area contributed by atoms with Gasteiger partial charge in [-0.25, -0.2) is 14.4 Å². The molecule has 0 fully saturated rings. The molecule has 0 aliphatic heterocycles. The summed E-state index contributed by atoms with van der Waals surface area (Å²) in [6.45, 7) is -8.79. The van der Waals surface area contributed by atoms with E-state index in [2.05, 4.69) is 0 Å². The minimum Gasteiger partial charge on any atom is -0.495 e. The quantitative estimate of drug-likeness (QED) is 0.0352. The average molecular weight is 1640 g/mol. The van der Waals surface area contributed by atoms with Gasteiger partial charge in [-0.3, -0.25) is 43.2 Å². The van der Waals surface area contributed by atoms with Crippen molar-refractivity contribution >= 4 is 87.4 Å². The number of Topliss-reactive ketones (excluding diaryl/α,β-unsaturated/α-hetero) is 6. The van der Waals surface area contributed by atoms with Crippen LogP contribution in [0.15, 0.2) is 270 Å². The van der Waals surface area contributed by atoms with Crippen molar-refractivity contribution in [2.45, 2.75) is 77.2 Å². The highest BCUT2D eigenvalue weighted by molar-refractivity contribution is 6.32. The molecule has 3 atom stereocenters. The predicted molar refractivity (Wildman–Crippen MR) is 447 cm³/mol. The van der Waals surface area contributed by atoms with E-state index in [1.54, 1.807) is 36.4 Å². The number of nitrogens with zero attached hydrogens (tertiary/aromatic N) is 3. The number of aromatic carboxylic acids is 3. The Morgan fingerprint density at radius 2 is 0.564 bits per heavy atom. The molecule has 12 rings (SSSR count). The molecule has 1 unspecified atom stereocenters. The minimum atomic E-state index is -2.93. The molecule has 0 bridgehead atoms. The highest BCUT2D eigenvalue weighted by Gasteiger charge is 2.30. The molecule has 0 aliphatic rings. The maximum Gasteiger partial charge on any atom is 0.335 e. The van der Waals surface area contributed by atoms with Gasteiger partial charge in [0.2, 0.25) is 0 Å². The number of carboxylic acid groups (broad SMARTS) is 3. The van der Waals surface area contributed by atoms with Crippen LogP contribution < -0.4 is 30.9 Å². The molecule has 21 nitrogen and oxygen atoms in total. The molecule has 9 aromatic carbocycles. The van der Waals surface area contributed by atoms with E-state index in [-0.39, 0.29) is 155 Å². The lowest BCUT2D eigenvalue weighted by Gasteiger charge is -2.21. The first kappa shape index (κ1) is 73.7. The lowest BCUT2D eigenvalue weighted by molar-refractivity contribution is -0.122. The third-order valence-corrected chi connectivity index (χ3v) is 19.7. The molecular formula is C93H78Cl3N3O18. The molecule has 0 amide bonds. The van der Waals surface area contributed by atoms with Gasteiger partial charge in [0.15, 0.2) is 34.7 Å². The Labute approximate surface area is 699 Å². The molecule has 0 radical (unpaired) electrons. The van der Waals surface area contributed by atoms with E-state index >= 15 is 0 Å². The molecule has 594 valence electrons. The number of hydrogen-bond acceptors (Lipinski definition) is 15. The summed E-state index contributed by atoms with van der Waals surface area (Å²) in [6, 6.07) is 58.0. The van der Waals surface area contributed by atoms with Crippen molar-refractivity contribution < 1.29 is 85.0 Å². The summed E-state index contributed by atoms with van der Waals surface area (Å²) in [5.41, 5.74) is 2.88. The van der Waals surface area contributed by atoms with Crippen LogP contribution in [0.5, 0.6) is 17.2 Å². The summed E-state index contributed by atoms with van der Waals surface area (Å²) in [6.07, 6.45) is 4.40. The van der Waals surface area contributed by atoms with Gasteiger partial charge in [-0.15, -0.1) is 0 Å². The summed E-state index contributed by atoms with van der Waals surface area (Å²) >= 11 is 18.6. The standard InChI is InChI=1S/3C31H26ClNO6/c3*1-19(34)24-13-12-23(32)16-25(24)26-17-30(36)33(18-29(26)39-2)27(14-20-6-4-3-5-7-20)28(35)15-21-8-10-22(11-9-21)31(37)38/h3*3-13,16-18,27H,14-15H2,1-2H3,(H,37,38)/t2*27-;/m10./s1/i3*1D3. The summed E-state index contributed by atoms with van der Waals surface area (Å²) < 4.78 is 88.7. The lowest BCUT2D eigenvalue weighted by Crippen LogP contribution is -2.32. The first-order valence-electron chi connectivity index (χ1n) is 40.3. The molecule has 12 aromatic rings. The third-order valence-electron chi connectivity index (χ3n) is 19.0. The second-order valence-corrected chi connectivity index (χ2v) is 27.9. The van der Waals surface area contributed by atoms with Gasteiger partial charge in [-0.1, -0.05) is 162 Å². The zero-order chi connectivity index (χ0) is 91.8. The van der Waals surface area contributed by atoms with Gasteiger partial charge in [-0.2, -0.15) is 0 Å². The van der Waals surface area contributed by atoms with Crippen molar-refractivity contribution in [1.29, 1.82) is 0 Å². The Hall–Kier alpha value is -13.5. The second-order valence-electron chi connectivity index (χ2n) is 26.6. The van der Waals surface area contributed by atoms with Gasteiger partial charge in [0.1, 0.15) is 17.2 Å². The lowest BCUT2D eigenvalue weighted by atomic mass is 9.95. The maximum atomic E-state index is 13.7. The van der Waals surface area contributed by atoms with Crippen molar-refractivity contribution in [3.8, 4) is 50.6 Å². The van der Waals surface area contributed by atoms with E-state index in [0.29, 0.717) is 16.7 Å². The molecule has 24 heteroatoms. The molecule has 0 saturated heterocycles. The maximum absolute atomic E-state index is 13.7. The van der Waals surface area contributed by atoms with E-state index in [4.69, 9.17) is 61.4 Å². The summed E-state index contributed by atoms with van der Waals surface area (Å²) in [5, 5.41) is 28.2. The SMILES string of the molecule is [2H]C([2H])([2H])C(=O)c1ccc(Cl)cc1-c1cc(=O)n(C(Cc2ccccc2)C(=O)Cc2ccc(C(=O)O)cc2)cc1OC.[2H]C([2H])([2H])C(=O)c1ccc(Cl)cc1-c1cc(=O)n([C@@H](Cc2ccccc2)C(=O)Cc2ccc(C(=O)O)cc2)cc1OC.[2H]C([2H])([2H])C(=O)c1ccc(Cl)cc1-c1cc(=O)n([C@H](Cc2ccccc2)C(=O)Cc2ccc(C(=O)O)cc2)cc1OC. The fourth-order valence-electron chi connectivity index (χ4n) is 13.1. The topological polar surface area (TPSA) is 308 Å². The number of ether oxygens (including phenoxy) is 3. The smallest absolute Gasteiger partial charge is 0.335 e. The molecule has 3 N–H and O–H groups in total. The first-order valence-corrected chi connectivity index (χ1v) is 36.9. The number of carbonyl (C=O) groups excluding carboxylic acids is 6. The molecule has 3 heterocycles. The fraction of sp³-hybridized carbons (Fsp3) is 0.161. The van der Waals surface area contributed by atoms with Gasteiger partial charge >= 0.3 is 17.9 Å². The van der Waals surface area contributed by atoms with Crippen LogP contribution in [0.25, 0.3) is 33.4 Å². The van der Waals surface area contributed by atoms with Crippen LogP contribution in [0.2, 0.25) is 15.1 Å². The van der Waals surface area contributed by atoms with Crippen molar-refractivity contribution in [1.82, 2.24) is 13.7 Å². The number of rotatable bonds is 30. The monoisotopic (exact) mass is 1640 g/mol. The highest BCUT2D eigenvalue weighted by Crippen LogP contribution is 2.38. The Morgan fingerprint density at radius 3 is 0.778 bits per heavy atom. The van der Waals surface area contributed by atoms with Crippen LogP contribution in [0.4, 0.5) is 0 Å². The number of ketones is 6. The van der Waals surface area contributed by atoms with E-state index in [1.165, 1.54) is 163 Å². The number of pyridine rings is 3. The molecule has 117 heavy (non-hydrogen) atoms. The van der Waals surface area contributed by atoms with Gasteiger partial charge in [-0.05, 0) is 162 Å². The van der Waals surface area contributed by atoms with E-state index < -0.39 is 90.6 Å². The molecule has 0 aliphatic carbocycles. The fourth-order valence-corrected chi connectivity index (χ4v) is 13.6. The minimum absolute atomic E-state index is 0.0700.